The fraction of sp³-hybridized carbons (Fsp3) is 0.429. The number of piperidine rings is 1. The van der Waals surface area contributed by atoms with E-state index in [9.17, 15) is 4.79 Å². The summed E-state index contributed by atoms with van der Waals surface area (Å²) >= 11 is -0.695. The molecule has 2 aromatic rings. The number of nitrogens with one attached hydrogen (secondary N) is 2. The largest absolute Gasteiger partial charge is 0.441 e. The Morgan fingerprint density at radius 3 is 2.87 bits per heavy atom. The molecule has 2 fully saturated rings. The Balaban J connectivity index is 1.86. The third kappa shape index (κ3) is 3.92. The maximum absolute atomic E-state index is 15.4. The third-order valence-corrected chi connectivity index (χ3v) is 7.41. The molecular weight excluding hydrogens is 500 g/mol. The van der Waals surface area contributed by atoms with E-state index >= 15 is 4.39 Å². The summed E-state index contributed by atoms with van der Waals surface area (Å²) in [6.07, 6.45) is -0.0455. The Morgan fingerprint density at radius 2 is 2.17 bits per heavy atom. The van der Waals surface area contributed by atoms with Crippen LogP contribution in [0.2, 0.25) is 0 Å². The number of hydrogen-bond donors (Lipinski definition) is 2. The number of amidine groups is 1. The number of alkyl carbamates (subject to hydrolysis) is 1. The van der Waals surface area contributed by atoms with Gasteiger partial charge in [-0.3, -0.25) is 15.0 Å². The van der Waals surface area contributed by atoms with Crippen LogP contribution in [0.3, 0.4) is 0 Å². The minimum Gasteiger partial charge on any atom is -0.441 e. The molecule has 0 spiro atoms. The van der Waals surface area contributed by atoms with Crippen molar-refractivity contribution in [3.8, 4) is 0 Å². The van der Waals surface area contributed by atoms with E-state index in [4.69, 9.17) is 9.84 Å². The van der Waals surface area contributed by atoms with E-state index in [1.54, 1.807) is 11.7 Å². The van der Waals surface area contributed by atoms with E-state index < -0.39 is 38.6 Å². The van der Waals surface area contributed by atoms with Crippen LogP contribution in [0.15, 0.2) is 34.8 Å². The Morgan fingerprint density at radius 1 is 1.43 bits per heavy atom. The fourth-order valence-electron chi connectivity index (χ4n) is 4.04. The molecule has 1 aromatic carbocycles. The SMILES string of the molecule is C=I/C(=C1\C(=NC)NC(=O)O[C@H]1C)c1nn(CC2(F)CCNCC2)c2ccccc12. The van der Waals surface area contributed by atoms with Gasteiger partial charge in [0.2, 0.25) is 0 Å². The van der Waals surface area contributed by atoms with Crippen molar-refractivity contribution < 1.29 is 13.9 Å². The van der Waals surface area contributed by atoms with E-state index in [0.29, 0.717) is 31.8 Å². The molecular formula is C21H25FIN5O2. The molecule has 1 atom stereocenters. The number of carbonyl (C=O) groups excluding carboxylic acids is 1. The van der Waals surface area contributed by atoms with Crippen LogP contribution in [0, 0.1) is 0 Å². The van der Waals surface area contributed by atoms with Crippen LogP contribution in [0.5, 0.6) is 0 Å². The molecule has 9 heteroatoms. The highest BCUT2D eigenvalue weighted by atomic mass is 127. The van der Waals surface area contributed by atoms with Crippen LogP contribution < -0.4 is 10.6 Å². The van der Waals surface area contributed by atoms with Gasteiger partial charge in [-0.15, -0.1) is 0 Å². The number of amides is 1. The standard InChI is InChI=1S/C21H25FIN5O2/c1-13-16(19(24-3)26-20(29)30-13)17(23-2)18-14-6-4-5-7-15(14)28(27-18)12-21(22)8-10-25-11-9-21/h4-7,13,25H,2,8-12H2,1,3H3,(H,24,26,29)/b17-16-/t13-/m0/s1. The van der Waals surface area contributed by atoms with Gasteiger partial charge in [-0.25, -0.2) is 9.18 Å². The second-order valence-electron chi connectivity index (χ2n) is 7.53. The molecule has 30 heavy (non-hydrogen) atoms. The summed E-state index contributed by atoms with van der Waals surface area (Å²) in [7, 11) is 1.63. The number of ether oxygens (including phenoxy) is 1. The highest BCUT2D eigenvalue weighted by Crippen LogP contribution is 2.37. The average Bonchev–Trinajstić information content (AvgIpc) is 3.08. The highest BCUT2D eigenvalue weighted by Gasteiger charge is 2.34. The van der Waals surface area contributed by atoms with Gasteiger partial charge in [0, 0.05) is 21.6 Å². The normalized spacial score (nSPS) is 24.6. The first kappa shape index (κ1) is 21.1. The number of rotatable bonds is 4. The van der Waals surface area contributed by atoms with Crippen LogP contribution in [0.1, 0.15) is 25.5 Å². The van der Waals surface area contributed by atoms with Gasteiger partial charge < -0.3 is 10.1 Å². The van der Waals surface area contributed by atoms with E-state index in [1.165, 1.54) is 0 Å². The number of nitrogens with zero attached hydrogens (tertiary/aromatic N) is 3. The highest BCUT2D eigenvalue weighted by molar-refractivity contribution is 14.2. The Hall–Kier alpha value is -2.14. The number of carbonyl (C=O) groups is 1. The zero-order valence-corrected chi connectivity index (χ0v) is 19.2. The Bertz CT molecular complexity index is 1050. The molecule has 2 saturated heterocycles. The second-order valence-corrected chi connectivity index (χ2v) is 9.37. The first-order valence-corrected chi connectivity index (χ1v) is 12.5. The molecule has 2 aliphatic heterocycles. The van der Waals surface area contributed by atoms with Gasteiger partial charge in [0.25, 0.3) is 0 Å². The number of benzene rings is 1. The summed E-state index contributed by atoms with van der Waals surface area (Å²) in [4.78, 5) is 16.0. The van der Waals surface area contributed by atoms with Crippen LogP contribution in [0.4, 0.5) is 9.18 Å². The van der Waals surface area contributed by atoms with Gasteiger partial charge in [-0.1, -0.05) is 43.4 Å². The lowest BCUT2D eigenvalue weighted by molar-refractivity contribution is 0.0910. The topological polar surface area (TPSA) is 80.5 Å². The van der Waals surface area contributed by atoms with Crippen molar-refractivity contribution in [2.24, 2.45) is 4.99 Å². The summed E-state index contributed by atoms with van der Waals surface area (Å²) in [5.41, 5.74) is 1.18. The first-order chi connectivity index (χ1) is 14.5. The van der Waals surface area contributed by atoms with Crippen LogP contribution >= 0.6 is 20.7 Å². The molecule has 1 amide bonds. The lowest BCUT2D eigenvalue weighted by atomic mass is 9.94. The van der Waals surface area contributed by atoms with E-state index in [1.807, 2.05) is 31.2 Å². The first-order valence-electron chi connectivity index (χ1n) is 9.88. The number of hydrogen-bond acceptors (Lipinski definition) is 5. The van der Waals surface area contributed by atoms with Crippen molar-refractivity contribution in [3.05, 3.63) is 35.5 Å². The van der Waals surface area contributed by atoms with Gasteiger partial charge in [0.15, 0.2) is 0 Å². The number of aromatic nitrogens is 2. The molecule has 0 aliphatic carbocycles. The second kappa shape index (κ2) is 8.54. The van der Waals surface area contributed by atoms with Crippen molar-refractivity contribution in [2.75, 3.05) is 20.1 Å². The predicted molar refractivity (Wildman–Crippen MR) is 126 cm³/mol. The number of alkyl halides is 1. The predicted octanol–water partition coefficient (Wildman–Crippen LogP) is 3.40. The molecule has 0 bridgehead atoms. The van der Waals surface area contributed by atoms with Gasteiger partial charge in [0.1, 0.15) is 23.3 Å². The van der Waals surface area contributed by atoms with E-state index in [0.717, 1.165) is 25.7 Å². The lowest BCUT2D eigenvalue weighted by Gasteiger charge is -2.30. The molecule has 1 aromatic heterocycles. The minimum absolute atomic E-state index is 0.213. The van der Waals surface area contributed by atoms with Crippen molar-refractivity contribution >= 4 is 51.7 Å². The summed E-state index contributed by atoms with van der Waals surface area (Å²) < 4.78 is 27.8. The van der Waals surface area contributed by atoms with Gasteiger partial charge in [0.05, 0.1) is 12.1 Å². The van der Waals surface area contributed by atoms with Gasteiger partial charge in [-0.2, -0.15) is 5.10 Å². The number of para-hydroxylation sites is 1. The maximum Gasteiger partial charge on any atom is 0.413 e. The Kier molecular flexibility index (Phi) is 6.01. The van der Waals surface area contributed by atoms with Gasteiger partial charge >= 0.3 is 6.09 Å². The van der Waals surface area contributed by atoms with Crippen molar-refractivity contribution in [3.63, 3.8) is 0 Å². The molecule has 0 radical (unpaired) electrons. The number of cyclic esters (lactones) is 1. The summed E-state index contributed by atoms with van der Waals surface area (Å²) in [6.45, 7) is 3.38. The molecule has 7 nitrogen and oxygen atoms in total. The van der Waals surface area contributed by atoms with Crippen molar-refractivity contribution in [2.45, 2.75) is 38.1 Å². The van der Waals surface area contributed by atoms with Crippen LogP contribution in [0.25, 0.3) is 14.5 Å². The van der Waals surface area contributed by atoms with Crippen molar-refractivity contribution in [1.29, 1.82) is 0 Å². The average molecular weight is 525 g/mol. The lowest BCUT2D eigenvalue weighted by Crippen LogP contribution is -2.43. The van der Waals surface area contributed by atoms with Crippen LogP contribution in [-0.4, -0.2) is 58.1 Å². The Labute approximate surface area is 184 Å². The fourth-order valence-corrected chi connectivity index (χ4v) is 5.90. The monoisotopic (exact) mass is 525 g/mol. The molecule has 2 aliphatic rings. The molecule has 0 saturated carbocycles. The number of fused-ring (bicyclic) bond motifs is 1. The van der Waals surface area contributed by atoms with E-state index in [2.05, 4.69) is 20.1 Å². The minimum atomic E-state index is -1.28. The summed E-state index contributed by atoms with van der Waals surface area (Å²) in [5, 5.41) is 11.7. The molecule has 2 N–H and O–H groups in total. The third-order valence-electron chi connectivity index (χ3n) is 5.56. The molecule has 3 heterocycles. The molecule has 4 rings (SSSR count). The summed E-state index contributed by atoms with van der Waals surface area (Å²) in [6, 6.07) is 7.86. The van der Waals surface area contributed by atoms with Gasteiger partial charge in [-0.05, 0) is 38.9 Å². The molecule has 160 valence electrons. The van der Waals surface area contributed by atoms with Crippen LogP contribution in [-0.2, 0) is 11.3 Å². The summed E-state index contributed by atoms with van der Waals surface area (Å²) in [5.74, 6) is 0.482. The maximum atomic E-state index is 15.4. The zero-order valence-electron chi connectivity index (χ0n) is 17.0. The number of halogens is 2. The quantitative estimate of drug-likeness (QED) is 0.600. The smallest absolute Gasteiger partial charge is 0.413 e. The zero-order chi connectivity index (χ0) is 21.3. The molecule has 0 unspecified atom stereocenters. The van der Waals surface area contributed by atoms with E-state index in [-0.39, 0.29) is 6.54 Å². The van der Waals surface area contributed by atoms with Crippen molar-refractivity contribution in [1.82, 2.24) is 20.4 Å². The number of aliphatic imine (C=N–C) groups is 1.